The number of nitrogens with one attached hydrogen (secondary N) is 2. The molecule has 2 heterocycles. The number of aromatic nitrogens is 4. The second kappa shape index (κ2) is 5.65. The summed E-state index contributed by atoms with van der Waals surface area (Å²) >= 11 is 0. The molecule has 0 aliphatic heterocycles. The number of anilines is 2. The summed E-state index contributed by atoms with van der Waals surface area (Å²) in [5.74, 6) is 9.59. The van der Waals surface area contributed by atoms with Crippen molar-refractivity contribution in [2.75, 3.05) is 17.3 Å². The van der Waals surface area contributed by atoms with Crippen LogP contribution in [-0.4, -0.2) is 26.7 Å². The number of nitrogens with zero attached hydrogens (tertiary/aromatic N) is 4. The van der Waals surface area contributed by atoms with Crippen molar-refractivity contribution < 1.29 is 4.52 Å². The Morgan fingerprint density at radius 3 is 2.57 bits per heavy atom. The molecule has 2 aromatic heterocycles. The molecule has 0 aromatic carbocycles. The van der Waals surface area contributed by atoms with Crippen LogP contribution in [-0.2, 0) is 6.42 Å². The zero-order chi connectivity index (χ0) is 14.8. The highest BCUT2D eigenvalue weighted by Gasteiger charge is 2.28. The highest BCUT2D eigenvalue weighted by Crippen LogP contribution is 2.39. The molecule has 0 saturated heterocycles. The van der Waals surface area contributed by atoms with Crippen molar-refractivity contribution >= 4 is 11.6 Å². The molecule has 1 aliphatic rings. The van der Waals surface area contributed by atoms with E-state index in [-0.39, 0.29) is 0 Å². The van der Waals surface area contributed by atoms with Gasteiger partial charge in [-0.2, -0.15) is 4.98 Å². The van der Waals surface area contributed by atoms with Gasteiger partial charge in [-0.1, -0.05) is 5.16 Å². The lowest BCUT2D eigenvalue weighted by atomic mass is 10.2. The highest BCUT2D eigenvalue weighted by atomic mass is 16.5. The van der Waals surface area contributed by atoms with Gasteiger partial charge in [0.15, 0.2) is 5.82 Å². The molecule has 1 aliphatic carbocycles. The van der Waals surface area contributed by atoms with Gasteiger partial charge in [0.05, 0.1) is 0 Å². The molecule has 0 spiro atoms. The smallest absolute Gasteiger partial charge is 0.228 e. The average Bonchev–Trinajstić information content (AvgIpc) is 3.24. The standard InChI is InChI=1S/C13H19N7O/c1-7-11(15-6-5-10-16-8(2)20-21-10)17-13(9-3-4-9)18-12(7)19-14/h9H,3-6,14H2,1-2H3,(H2,15,17,18,19). The fourth-order valence-corrected chi connectivity index (χ4v) is 2.10. The van der Waals surface area contributed by atoms with Crippen LogP contribution < -0.4 is 16.6 Å². The first-order chi connectivity index (χ1) is 10.2. The molecule has 0 bridgehead atoms. The highest BCUT2D eigenvalue weighted by molar-refractivity contribution is 5.57. The summed E-state index contributed by atoms with van der Waals surface area (Å²) in [7, 11) is 0. The van der Waals surface area contributed by atoms with Gasteiger partial charge in [0.2, 0.25) is 5.89 Å². The molecule has 0 unspecified atom stereocenters. The van der Waals surface area contributed by atoms with Gasteiger partial charge >= 0.3 is 0 Å². The molecule has 21 heavy (non-hydrogen) atoms. The fraction of sp³-hybridized carbons (Fsp3) is 0.538. The van der Waals surface area contributed by atoms with Crippen LogP contribution in [0.25, 0.3) is 0 Å². The minimum absolute atomic E-state index is 0.469. The number of hydrogen-bond acceptors (Lipinski definition) is 8. The van der Waals surface area contributed by atoms with Gasteiger partial charge in [-0.05, 0) is 26.7 Å². The van der Waals surface area contributed by atoms with E-state index in [0.29, 0.717) is 36.4 Å². The number of rotatable bonds is 6. The molecule has 0 radical (unpaired) electrons. The van der Waals surface area contributed by atoms with Gasteiger partial charge in [-0.15, -0.1) is 0 Å². The zero-order valence-electron chi connectivity index (χ0n) is 12.2. The first kappa shape index (κ1) is 13.7. The maximum absolute atomic E-state index is 5.53. The van der Waals surface area contributed by atoms with Crippen LogP contribution in [0.15, 0.2) is 4.52 Å². The predicted molar refractivity (Wildman–Crippen MR) is 77.8 cm³/mol. The fourth-order valence-electron chi connectivity index (χ4n) is 2.10. The second-order valence-electron chi connectivity index (χ2n) is 5.23. The number of nitrogen functional groups attached to an aromatic ring is 1. The lowest BCUT2D eigenvalue weighted by Gasteiger charge is -2.12. The van der Waals surface area contributed by atoms with Crippen LogP contribution in [0.5, 0.6) is 0 Å². The number of hydrazine groups is 1. The van der Waals surface area contributed by atoms with Crippen LogP contribution in [0.3, 0.4) is 0 Å². The summed E-state index contributed by atoms with van der Waals surface area (Å²) < 4.78 is 5.08. The summed E-state index contributed by atoms with van der Waals surface area (Å²) in [6, 6.07) is 0. The topological polar surface area (TPSA) is 115 Å². The normalized spacial score (nSPS) is 14.2. The van der Waals surface area contributed by atoms with E-state index in [1.165, 1.54) is 0 Å². The van der Waals surface area contributed by atoms with E-state index in [2.05, 4.69) is 30.9 Å². The number of aryl methyl sites for hydroxylation is 1. The molecule has 2 aromatic rings. The quantitative estimate of drug-likeness (QED) is 0.538. The van der Waals surface area contributed by atoms with Crippen molar-refractivity contribution in [3.05, 3.63) is 23.1 Å². The monoisotopic (exact) mass is 289 g/mol. The van der Waals surface area contributed by atoms with Crippen molar-refractivity contribution in [2.45, 2.75) is 39.0 Å². The first-order valence-electron chi connectivity index (χ1n) is 7.05. The van der Waals surface area contributed by atoms with Gasteiger partial charge in [0.1, 0.15) is 17.5 Å². The van der Waals surface area contributed by atoms with Gasteiger partial charge in [0, 0.05) is 24.4 Å². The third kappa shape index (κ3) is 3.10. The largest absolute Gasteiger partial charge is 0.369 e. The van der Waals surface area contributed by atoms with E-state index in [1.807, 2.05) is 6.92 Å². The average molecular weight is 289 g/mol. The van der Waals surface area contributed by atoms with Gasteiger partial charge < -0.3 is 15.3 Å². The first-order valence-corrected chi connectivity index (χ1v) is 7.05. The van der Waals surface area contributed by atoms with E-state index in [4.69, 9.17) is 10.4 Å². The third-order valence-corrected chi connectivity index (χ3v) is 3.44. The zero-order valence-corrected chi connectivity index (χ0v) is 12.2. The Bertz CT molecular complexity index is 635. The van der Waals surface area contributed by atoms with Crippen molar-refractivity contribution in [2.24, 2.45) is 5.84 Å². The van der Waals surface area contributed by atoms with Crippen molar-refractivity contribution in [1.29, 1.82) is 0 Å². The van der Waals surface area contributed by atoms with E-state index in [0.717, 1.165) is 30.0 Å². The molecule has 1 fully saturated rings. The lowest BCUT2D eigenvalue weighted by Crippen LogP contribution is -2.15. The molecule has 112 valence electrons. The molecule has 8 heteroatoms. The molecule has 8 nitrogen and oxygen atoms in total. The number of hydrogen-bond donors (Lipinski definition) is 3. The van der Waals surface area contributed by atoms with Gasteiger partial charge in [-0.25, -0.2) is 15.8 Å². The summed E-state index contributed by atoms with van der Waals surface area (Å²) in [4.78, 5) is 13.2. The van der Waals surface area contributed by atoms with E-state index < -0.39 is 0 Å². The second-order valence-corrected chi connectivity index (χ2v) is 5.23. The Morgan fingerprint density at radius 1 is 1.19 bits per heavy atom. The molecule has 4 N–H and O–H groups in total. The molecular formula is C13H19N7O. The van der Waals surface area contributed by atoms with Crippen LogP contribution in [0.4, 0.5) is 11.6 Å². The van der Waals surface area contributed by atoms with Gasteiger partial charge in [0.25, 0.3) is 0 Å². The van der Waals surface area contributed by atoms with Crippen molar-refractivity contribution in [3.8, 4) is 0 Å². The Balaban J connectivity index is 1.70. The predicted octanol–water partition coefficient (Wildman–Crippen LogP) is 1.29. The summed E-state index contributed by atoms with van der Waals surface area (Å²) in [5, 5.41) is 7.06. The van der Waals surface area contributed by atoms with Crippen LogP contribution in [0.2, 0.25) is 0 Å². The Labute approximate surface area is 122 Å². The van der Waals surface area contributed by atoms with E-state index in [1.54, 1.807) is 6.92 Å². The Morgan fingerprint density at radius 2 is 1.95 bits per heavy atom. The van der Waals surface area contributed by atoms with Crippen LogP contribution >= 0.6 is 0 Å². The summed E-state index contributed by atoms with van der Waals surface area (Å²) in [6.45, 7) is 4.40. The minimum atomic E-state index is 0.469. The molecule has 0 amide bonds. The van der Waals surface area contributed by atoms with Crippen molar-refractivity contribution in [1.82, 2.24) is 20.1 Å². The van der Waals surface area contributed by atoms with Crippen molar-refractivity contribution in [3.63, 3.8) is 0 Å². The lowest BCUT2D eigenvalue weighted by molar-refractivity contribution is 0.377. The molecular weight excluding hydrogens is 270 g/mol. The summed E-state index contributed by atoms with van der Waals surface area (Å²) in [5.41, 5.74) is 3.54. The maximum atomic E-state index is 5.53. The Kier molecular flexibility index (Phi) is 3.70. The van der Waals surface area contributed by atoms with Gasteiger partial charge in [-0.3, -0.25) is 0 Å². The number of nitrogens with two attached hydrogens (primary N) is 1. The Hall–Kier alpha value is -2.22. The summed E-state index contributed by atoms with van der Waals surface area (Å²) in [6.07, 6.45) is 2.94. The van der Waals surface area contributed by atoms with E-state index >= 15 is 0 Å². The van der Waals surface area contributed by atoms with Crippen LogP contribution in [0.1, 0.15) is 41.9 Å². The third-order valence-electron chi connectivity index (χ3n) is 3.44. The van der Waals surface area contributed by atoms with E-state index in [9.17, 15) is 0 Å². The maximum Gasteiger partial charge on any atom is 0.228 e. The van der Waals surface area contributed by atoms with Crippen LogP contribution in [0, 0.1) is 13.8 Å². The molecule has 0 atom stereocenters. The minimum Gasteiger partial charge on any atom is -0.369 e. The SMILES string of the molecule is Cc1noc(CCNc2nc(C3CC3)nc(NN)c2C)n1. The molecule has 1 saturated carbocycles. The molecule has 3 rings (SSSR count).